The number of hydrogen-bond donors (Lipinski definition) is 1. The number of urea groups is 1. The number of fused-ring (bicyclic) bond motifs is 1. The molecule has 2 aromatic rings. The molecule has 1 aromatic carbocycles. The molecule has 5 heteroatoms. The van der Waals surface area contributed by atoms with Crippen LogP contribution in [-0.4, -0.2) is 22.0 Å². The maximum Gasteiger partial charge on any atom is 0.322 e. The molecule has 1 N–H and O–H groups in total. The van der Waals surface area contributed by atoms with Crippen LogP contribution in [0.4, 0.5) is 10.5 Å². The molecular weight excluding hydrogens is 274 g/mol. The van der Waals surface area contributed by atoms with Crippen molar-refractivity contribution in [3.8, 4) is 0 Å². The van der Waals surface area contributed by atoms with Crippen molar-refractivity contribution >= 4 is 23.3 Å². The summed E-state index contributed by atoms with van der Waals surface area (Å²) in [5, 5.41) is 3.43. The van der Waals surface area contributed by atoms with E-state index in [1.807, 2.05) is 30.0 Å². The average molecular weight is 290 g/mol. The molecule has 0 aliphatic carbocycles. The van der Waals surface area contributed by atoms with Crippen molar-refractivity contribution in [2.75, 3.05) is 11.9 Å². The number of para-hydroxylation sites is 1. The predicted molar refractivity (Wildman–Crippen MR) is 80.0 cm³/mol. The van der Waals surface area contributed by atoms with Gasteiger partial charge in [0.05, 0.1) is 16.8 Å². The monoisotopic (exact) mass is 289 g/mol. The number of carbonyl (C=O) groups is 1. The van der Waals surface area contributed by atoms with Crippen LogP contribution < -0.4 is 5.32 Å². The van der Waals surface area contributed by atoms with Crippen LogP contribution in [0.2, 0.25) is 5.02 Å². The number of rotatable bonds is 1. The number of amides is 2. The Balaban J connectivity index is 1.77. The number of benzene rings is 1. The number of halogens is 1. The van der Waals surface area contributed by atoms with Crippen molar-refractivity contribution < 1.29 is 4.79 Å². The number of carbonyl (C=O) groups excluding carboxylic acids is 1. The first kappa shape index (κ1) is 13.1. The predicted octanol–water partition coefficient (Wildman–Crippen LogP) is 3.75. The summed E-state index contributed by atoms with van der Waals surface area (Å²) in [6.45, 7) is 3.55. The normalized spacial score (nSPS) is 17.7. The third kappa shape index (κ3) is 2.27. The number of aromatic nitrogens is 1. The highest BCUT2D eigenvalue weighted by Crippen LogP contribution is 2.27. The molecule has 2 amide bonds. The van der Waals surface area contributed by atoms with Gasteiger partial charge < -0.3 is 14.8 Å². The van der Waals surface area contributed by atoms with E-state index in [0.29, 0.717) is 17.3 Å². The second-order valence-corrected chi connectivity index (χ2v) is 5.31. The molecule has 1 aliphatic rings. The van der Waals surface area contributed by atoms with E-state index in [2.05, 4.69) is 22.1 Å². The summed E-state index contributed by atoms with van der Waals surface area (Å²) in [4.78, 5) is 14.2. The van der Waals surface area contributed by atoms with Gasteiger partial charge in [0.25, 0.3) is 0 Å². The van der Waals surface area contributed by atoms with Gasteiger partial charge in [-0.15, -0.1) is 0 Å². The van der Waals surface area contributed by atoms with Gasteiger partial charge in [-0.2, -0.15) is 0 Å². The number of hydrogen-bond acceptors (Lipinski definition) is 1. The smallest absolute Gasteiger partial charge is 0.322 e. The minimum atomic E-state index is -0.113. The molecule has 104 valence electrons. The summed E-state index contributed by atoms with van der Waals surface area (Å²) in [5.74, 6) is 0. The van der Waals surface area contributed by atoms with Crippen LogP contribution in [0.25, 0.3) is 0 Å². The van der Waals surface area contributed by atoms with Gasteiger partial charge in [0.1, 0.15) is 0 Å². The average Bonchev–Trinajstić information content (AvgIpc) is 2.91. The second-order valence-electron chi connectivity index (χ2n) is 4.91. The summed E-state index contributed by atoms with van der Waals surface area (Å²) in [5.41, 5.74) is 1.80. The Morgan fingerprint density at radius 1 is 1.25 bits per heavy atom. The Hall–Kier alpha value is -1.94. The molecule has 0 unspecified atom stereocenters. The third-order valence-corrected chi connectivity index (χ3v) is 4.05. The zero-order valence-corrected chi connectivity index (χ0v) is 12.0. The maximum atomic E-state index is 12.4. The zero-order valence-electron chi connectivity index (χ0n) is 11.2. The van der Waals surface area contributed by atoms with E-state index in [0.717, 1.165) is 12.2 Å². The summed E-state index contributed by atoms with van der Waals surface area (Å²) >= 11 is 6.07. The highest BCUT2D eigenvalue weighted by atomic mass is 35.5. The Bertz CT molecular complexity index is 638. The van der Waals surface area contributed by atoms with Crippen LogP contribution in [0.3, 0.4) is 0 Å². The van der Waals surface area contributed by atoms with Crippen LogP contribution >= 0.6 is 11.6 Å². The first-order chi connectivity index (χ1) is 9.66. The van der Waals surface area contributed by atoms with E-state index < -0.39 is 0 Å². The summed E-state index contributed by atoms with van der Waals surface area (Å²) in [6, 6.07) is 11.3. The van der Waals surface area contributed by atoms with Gasteiger partial charge in [-0.1, -0.05) is 23.7 Å². The van der Waals surface area contributed by atoms with E-state index in [9.17, 15) is 4.79 Å². The fourth-order valence-corrected chi connectivity index (χ4v) is 2.79. The first-order valence-electron chi connectivity index (χ1n) is 6.64. The summed E-state index contributed by atoms with van der Waals surface area (Å²) < 4.78 is 2.18. The van der Waals surface area contributed by atoms with Crippen LogP contribution in [0.1, 0.15) is 18.7 Å². The molecule has 1 aliphatic heterocycles. The van der Waals surface area contributed by atoms with Gasteiger partial charge in [0.15, 0.2) is 0 Å². The van der Waals surface area contributed by atoms with Gasteiger partial charge >= 0.3 is 6.03 Å². The molecule has 0 bridgehead atoms. The van der Waals surface area contributed by atoms with Gasteiger partial charge in [-0.3, -0.25) is 0 Å². The zero-order chi connectivity index (χ0) is 14.1. The Labute approximate surface area is 123 Å². The lowest BCUT2D eigenvalue weighted by atomic mass is 10.1. The number of anilines is 1. The fourth-order valence-electron chi connectivity index (χ4n) is 2.61. The Morgan fingerprint density at radius 3 is 2.85 bits per heavy atom. The topological polar surface area (TPSA) is 37.3 Å². The van der Waals surface area contributed by atoms with Crippen LogP contribution in [0, 0.1) is 0 Å². The molecule has 2 heterocycles. The first-order valence-corrected chi connectivity index (χ1v) is 7.02. The quantitative estimate of drug-likeness (QED) is 0.853. The molecular formula is C15H16ClN3O. The van der Waals surface area contributed by atoms with Crippen molar-refractivity contribution in [3.05, 3.63) is 53.3 Å². The van der Waals surface area contributed by atoms with Gasteiger partial charge in [-0.25, -0.2) is 4.79 Å². The van der Waals surface area contributed by atoms with E-state index in [1.165, 1.54) is 0 Å². The number of nitrogens with zero attached hydrogens (tertiary/aromatic N) is 2. The highest BCUT2D eigenvalue weighted by Gasteiger charge is 2.27. The highest BCUT2D eigenvalue weighted by molar-refractivity contribution is 6.33. The minimum absolute atomic E-state index is 0.0567. The molecule has 4 nitrogen and oxygen atoms in total. The fraction of sp³-hybridized carbons (Fsp3) is 0.267. The standard InChI is InChI=1S/C15H16ClN3O/c1-11-14-7-4-8-18(14)9-10-19(11)15(20)17-13-6-3-2-5-12(13)16/h2-8,11H,9-10H2,1H3,(H,17,20)/t11-/m1/s1. The van der Waals surface area contributed by atoms with Crippen molar-refractivity contribution in [3.63, 3.8) is 0 Å². The van der Waals surface area contributed by atoms with Crippen molar-refractivity contribution in [1.29, 1.82) is 0 Å². The largest absolute Gasteiger partial charge is 0.348 e. The molecule has 0 spiro atoms. The Morgan fingerprint density at radius 2 is 2.05 bits per heavy atom. The molecule has 0 fully saturated rings. The van der Waals surface area contributed by atoms with E-state index in [4.69, 9.17) is 11.6 Å². The van der Waals surface area contributed by atoms with E-state index in [-0.39, 0.29) is 12.1 Å². The molecule has 0 saturated heterocycles. The van der Waals surface area contributed by atoms with Crippen molar-refractivity contribution in [2.45, 2.75) is 19.5 Å². The molecule has 3 rings (SSSR count). The lowest BCUT2D eigenvalue weighted by molar-refractivity contribution is 0.175. The molecule has 0 saturated carbocycles. The van der Waals surface area contributed by atoms with Gasteiger partial charge in [-0.05, 0) is 31.2 Å². The van der Waals surface area contributed by atoms with Crippen molar-refractivity contribution in [2.24, 2.45) is 0 Å². The van der Waals surface area contributed by atoms with Crippen LogP contribution in [0.5, 0.6) is 0 Å². The molecule has 0 radical (unpaired) electrons. The summed E-state index contributed by atoms with van der Waals surface area (Å²) in [7, 11) is 0. The second kappa shape index (κ2) is 5.21. The van der Waals surface area contributed by atoms with Crippen LogP contribution in [0.15, 0.2) is 42.6 Å². The summed E-state index contributed by atoms with van der Waals surface area (Å²) in [6.07, 6.45) is 2.05. The molecule has 1 atom stereocenters. The molecule has 20 heavy (non-hydrogen) atoms. The van der Waals surface area contributed by atoms with E-state index in [1.54, 1.807) is 12.1 Å². The SMILES string of the molecule is C[C@@H]1c2cccn2CCN1C(=O)Nc1ccccc1Cl. The lowest BCUT2D eigenvalue weighted by Crippen LogP contribution is -2.43. The van der Waals surface area contributed by atoms with Gasteiger partial charge in [0.2, 0.25) is 0 Å². The van der Waals surface area contributed by atoms with Crippen LogP contribution in [-0.2, 0) is 6.54 Å². The molecule has 1 aromatic heterocycles. The lowest BCUT2D eigenvalue weighted by Gasteiger charge is -2.34. The van der Waals surface area contributed by atoms with E-state index >= 15 is 0 Å². The number of nitrogens with one attached hydrogen (secondary N) is 1. The minimum Gasteiger partial charge on any atom is -0.348 e. The third-order valence-electron chi connectivity index (χ3n) is 3.72. The van der Waals surface area contributed by atoms with Gasteiger partial charge in [0, 0.05) is 25.0 Å². The van der Waals surface area contributed by atoms with Crippen molar-refractivity contribution in [1.82, 2.24) is 9.47 Å². The maximum absolute atomic E-state index is 12.4. The Kier molecular flexibility index (Phi) is 3.40.